The minimum absolute atomic E-state index is 0.0188. The fraction of sp³-hybridized carbons (Fsp3) is 0.500. The molecule has 0 spiro atoms. The van der Waals surface area contributed by atoms with Crippen LogP contribution in [-0.4, -0.2) is 20.2 Å². The first-order valence-electron chi connectivity index (χ1n) is 6.41. The van der Waals surface area contributed by atoms with Gasteiger partial charge in [0.25, 0.3) is 0 Å². The smallest absolute Gasteiger partial charge is 0.241 e. The van der Waals surface area contributed by atoms with Gasteiger partial charge in [0.15, 0.2) is 0 Å². The van der Waals surface area contributed by atoms with Gasteiger partial charge in [-0.05, 0) is 38.8 Å². The second-order valence-electron chi connectivity index (χ2n) is 4.89. The first-order valence-corrected chi connectivity index (χ1v) is 7.89. The van der Waals surface area contributed by atoms with Crippen LogP contribution in [0.2, 0.25) is 0 Å². The molecule has 19 heavy (non-hydrogen) atoms. The van der Waals surface area contributed by atoms with E-state index >= 15 is 0 Å². The number of hydrogen-bond donors (Lipinski definition) is 1. The van der Waals surface area contributed by atoms with Crippen molar-refractivity contribution in [3.8, 4) is 0 Å². The molecule has 1 atom stereocenters. The summed E-state index contributed by atoms with van der Waals surface area (Å²) >= 11 is 0. The second kappa shape index (κ2) is 6.30. The second-order valence-corrected chi connectivity index (χ2v) is 6.57. The van der Waals surface area contributed by atoms with Gasteiger partial charge in [0.05, 0.1) is 4.90 Å². The molecule has 106 valence electrons. The van der Waals surface area contributed by atoms with Crippen molar-refractivity contribution in [3.05, 3.63) is 29.8 Å². The summed E-state index contributed by atoms with van der Waals surface area (Å²) in [5.74, 6) is -0.394. The maximum absolute atomic E-state index is 12.3. The molecular weight excluding hydrogens is 262 g/mol. The summed E-state index contributed by atoms with van der Waals surface area (Å²) in [7, 11) is -3.58. The predicted octanol–water partition coefficient (Wildman–Crippen LogP) is 2.46. The molecule has 0 heterocycles. The van der Waals surface area contributed by atoms with E-state index in [2.05, 4.69) is 4.72 Å². The Morgan fingerprint density at radius 1 is 1.26 bits per heavy atom. The molecule has 0 fully saturated rings. The minimum atomic E-state index is -3.58. The van der Waals surface area contributed by atoms with Crippen LogP contribution >= 0.6 is 0 Å². The zero-order valence-electron chi connectivity index (χ0n) is 11.8. The maximum atomic E-state index is 12.3. The van der Waals surface area contributed by atoms with Gasteiger partial charge in [0.2, 0.25) is 10.0 Å². The zero-order valence-corrected chi connectivity index (χ0v) is 12.6. The van der Waals surface area contributed by atoms with Crippen molar-refractivity contribution in [2.45, 2.75) is 51.0 Å². The molecule has 1 aromatic carbocycles. The van der Waals surface area contributed by atoms with Gasteiger partial charge in [0.1, 0.15) is 5.78 Å². The number of nitrogens with one attached hydrogen (secondary N) is 1. The van der Waals surface area contributed by atoms with Crippen LogP contribution in [0, 0.1) is 0 Å². The summed E-state index contributed by atoms with van der Waals surface area (Å²) < 4.78 is 27.1. The van der Waals surface area contributed by atoms with Crippen LogP contribution in [0.4, 0.5) is 0 Å². The van der Waals surface area contributed by atoms with E-state index in [4.69, 9.17) is 0 Å². The molecular formula is C14H21NO3S. The quantitative estimate of drug-likeness (QED) is 0.872. The largest absolute Gasteiger partial charge is 0.299 e. The highest BCUT2D eigenvalue weighted by atomic mass is 32.2. The third-order valence-corrected chi connectivity index (χ3v) is 4.61. The van der Waals surface area contributed by atoms with Gasteiger partial charge in [-0.25, -0.2) is 13.1 Å². The van der Waals surface area contributed by atoms with Gasteiger partial charge < -0.3 is 0 Å². The number of sulfonamides is 1. The van der Waals surface area contributed by atoms with Crippen molar-refractivity contribution in [2.24, 2.45) is 0 Å². The molecule has 0 radical (unpaired) electrons. The van der Waals surface area contributed by atoms with Crippen LogP contribution in [0.25, 0.3) is 0 Å². The molecule has 1 unspecified atom stereocenters. The molecule has 1 aromatic rings. The molecule has 0 aromatic heterocycles. The fourth-order valence-corrected chi connectivity index (χ4v) is 3.64. The zero-order chi connectivity index (χ0) is 14.6. The van der Waals surface area contributed by atoms with Crippen LogP contribution < -0.4 is 4.72 Å². The highest BCUT2D eigenvalue weighted by molar-refractivity contribution is 7.89. The summed E-state index contributed by atoms with van der Waals surface area (Å²) in [6, 6.07) is 6.51. The molecule has 0 aliphatic carbocycles. The lowest BCUT2D eigenvalue weighted by molar-refractivity contribution is -0.118. The highest BCUT2D eigenvalue weighted by Crippen LogP contribution is 2.27. The number of hydrogen-bond acceptors (Lipinski definition) is 3. The van der Waals surface area contributed by atoms with E-state index < -0.39 is 10.0 Å². The van der Waals surface area contributed by atoms with Gasteiger partial charge in [0, 0.05) is 12.0 Å². The number of ketones is 1. The van der Waals surface area contributed by atoms with Gasteiger partial charge in [-0.2, -0.15) is 0 Å². The van der Waals surface area contributed by atoms with Gasteiger partial charge in [-0.15, -0.1) is 0 Å². The van der Waals surface area contributed by atoms with Gasteiger partial charge in [-0.3, -0.25) is 4.79 Å². The summed E-state index contributed by atoms with van der Waals surface area (Å²) in [5.41, 5.74) is 0.575. The van der Waals surface area contributed by atoms with Crippen molar-refractivity contribution >= 4 is 15.8 Å². The van der Waals surface area contributed by atoms with E-state index in [0.29, 0.717) is 12.0 Å². The third-order valence-electron chi connectivity index (χ3n) is 2.87. The predicted molar refractivity (Wildman–Crippen MR) is 75.6 cm³/mol. The first-order chi connectivity index (χ1) is 8.79. The third kappa shape index (κ3) is 3.88. The summed E-state index contributed by atoms with van der Waals surface area (Å²) in [4.78, 5) is 11.9. The summed E-state index contributed by atoms with van der Waals surface area (Å²) in [6.45, 7) is 6.91. The Bertz CT molecular complexity index is 550. The lowest BCUT2D eigenvalue weighted by atomic mass is 9.93. The average Bonchev–Trinajstić information content (AvgIpc) is 2.28. The topological polar surface area (TPSA) is 63.2 Å². The van der Waals surface area contributed by atoms with Crippen LogP contribution in [0.1, 0.15) is 45.6 Å². The molecule has 5 heteroatoms. The Balaban J connectivity index is 3.34. The van der Waals surface area contributed by atoms with E-state index in [0.717, 1.165) is 0 Å². The van der Waals surface area contributed by atoms with E-state index in [1.54, 1.807) is 38.1 Å². The number of carbonyl (C=O) groups excluding carboxylic acids is 1. The maximum Gasteiger partial charge on any atom is 0.241 e. The molecule has 0 saturated heterocycles. The van der Waals surface area contributed by atoms with E-state index in [1.807, 2.05) is 6.92 Å². The minimum Gasteiger partial charge on any atom is -0.299 e. The highest BCUT2D eigenvalue weighted by Gasteiger charge is 2.25. The molecule has 0 bridgehead atoms. The molecule has 1 N–H and O–H groups in total. The monoisotopic (exact) mass is 283 g/mol. The molecule has 0 aliphatic heterocycles. The molecule has 0 saturated carbocycles. The molecule has 1 rings (SSSR count). The van der Waals surface area contributed by atoms with E-state index in [9.17, 15) is 13.2 Å². The fourth-order valence-electron chi connectivity index (χ4n) is 2.11. The number of rotatable bonds is 6. The van der Waals surface area contributed by atoms with E-state index in [-0.39, 0.29) is 22.6 Å². The van der Waals surface area contributed by atoms with Crippen molar-refractivity contribution in [3.63, 3.8) is 0 Å². The van der Waals surface area contributed by atoms with Crippen LogP contribution in [0.15, 0.2) is 29.2 Å². The summed E-state index contributed by atoms with van der Waals surface area (Å²) in [5, 5.41) is 0. The van der Waals surface area contributed by atoms with Crippen molar-refractivity contribution in [1.29, 1.82) is 0 Å². The SMILES string of the molecule is CCC(C(C)=O)c1ccccc1S(=O)(=O)NC(C)C. The lowest BCUT2D eigenvalue weighted by Crippen LogP contribution is -2.31. The Morgan fingerprint density at radius 2 is 1.84 bits per heavy atom. The first kappa shape index (κ1) is 15.9. The molecule has 0 aliphatic rings. The van der Waals surface area contributed by atoms with Gasteiger partial charge >= 0.3 is 0 Å². The Morgan fingerprint density at radius 3 is 2.32 bits per heavy atom. The average molecular weight is 283 g/mol. The van der Waals surface area contributed by atoms with E-state index in [1.165, 1.54) is 6.92 Å². The van der Waals surface area contributed by atoms with Crippen LogP contribution in [0.5, 0.6) is 0 Å². The summed E-state index contributed by atoms with van der Waals surface area (Å²) in [6.07, 6.45) is 0.587. The van der Waals surface area contributed by atoms with Gasteiger partial charge in [-0.1, -0.05) is 25.1 Å². The van der Waals surface area contributed by atoms with Crippen molar-refractivity contribution in [1.82, 2.24) is 4.72 Å². The normalized spacial score (nSPS) is 13.5. The van der Waals surface area contributed by atoms with Crippen LogP contribution in [0.3, 0.4) is 0 Å². The standard InChI is InChI=1S/C14H21NO3S/c1-5-12(11(4)16)13-8-6-7-9-14(13)19(17,18)15-10(2)3/h6-10,12,15H,5H2,1-4H3. The molecule has 4 nitrogen and oxygen atoms in total. The number of carbonyl (C=O) groups is 1. The molecule has 0 amide bonds. The van der Waals surface area contributed by atoms with Crippen molar-refractivity contribution in [2.75, 3.05) is 0 Å². The Labute approximate surface area is 115 Å². The van der Waals surface area contributed by atoms with Crippen molar-refractivity contribution < 1.29 is 13.2 Å². The Hall–Kier alpha value is -1.20. The van der Waals surface area contributed by atoms with Crippen LogP contribution in [-0.2, 0) is 14.8 Å². The lowest BCUT2D eigenvalue weighted by Gasteiger charge is -2.18. The number of benzene rings is 1. The Kier molecular flexibility index (Phi) is 5.26. The number of Topliss-reactive ketones (excluding diaryl/α,β-unsaturated/α-hetero) is 1.